The van der Waals surface area contributed by atoms with E-state index >= 15 is 0 Å². The van der Waals surface area contributed by atoms with Gasteiger partial charge in [-0.1, -0.05) is 26.0 Å². The quantitative estimate of drug-likeness (QED) is 0.458. The third-order valence-electron chi connectivity index (χ3n) is 5.99. The first-order valence-electron chi connectivity index (χ1n) is 11.0. The summed E-state index contributed by atoms with van der Waals surface area (Å²) in [5.74, 6) is 1.96. The summed E-state index contributed by atoms with van der Waals surface area (Å²) in [6, 6.07) is 6.62. The molecule has 1 saturated heterocycles. The second-order valence-electron chi connectivity index (χ2n) is 8.18. The van der Waals surface area contributed by atoms with Crippen molar-refractivity contribution in [2.45, 2.75) is 39.5 Å². The number of hydrogen-bond acceptors (Lipinski definition) is 7. The molecular formula is C23H31N5O4. The average molecular weight is 442 g/mol. The molecule has 32 heavy (non-hydrogen) atoms. The predicted molar refractivity (Wildman–Crippen MR) is 122 cm³/mol. The first-order valence-corrected chi connectivity index (χ1v) is 11.0. The SMILES string of the molecule is CC[C@@H](C)c1nc(C)c(Cc2ccc([N+](=O)[O-])cc2)c(N2CCN(C(=O)COC)CC2)n1. The third kappa shape index (κ3) is 5.40. The van der Waals surface area contributed by atoms with E-state index in [1.165, 1.54) is 19.2 Å². The molecule has 0 radical (unpaired) electrons. The van der Waals surface area contributed by atoms with Crippen molar-refractivity contribution in [1.29, 1.82) is 0 Å². The van der Waals surface area contributed by atoms with Crippen LogP contribution in [0.15, 0.2) is 24.3 Å². The van der Waals surface area contributed by atoms with Gasteiger partial charge in [0.1, 0.15) is 18.2 Å². The van der Waals surface area contributed by atoms with Crippen LogP contribution in [0, 0.1) is 17.0 Å². The first kappa shape index (κ1) is 23.6. The van der Waals surface area contributed by atoms with Crippen LogP contribution in [0.3, 0.4) is 0 Å². The monoisotopic (exact) mass is 441 g/mol. The molecule has 0 unspecified atom stereocenters. The molecule has 1 aliphatic heterocycles. The van der Waals surface area contributed by atoms with Crippen LogP contribution in [-0.4, -0.2) is 65.6 Å². The van der Waals surface area contributed by atoms with Crippen molar-refractivity contribution in [3.63, 3.8) is 0 Å². The number of amides is 1. The van der Waals surface area contributed by atoms with Gasteiger partial charge in [0.05, 0.1) is 4.92 Å². The van der Waals surface area contributed by atoms with Crippen LogP contribution in [0.5, 0.6) is 0 Å². The number of nitro groups is 1. The van der Waals surface area contributed by atoms with Crippen LogP contribution in [-0.2, 0) is 16.0 Å². The molecule has 9 heteroatoms. The van der Waals surface area contributed by atoms with Gasteiger partial charge >= 0.3 is 0 Å². The highest BCUT2D eigenvalue weighted by Gasteiger charge is 2.25. The van der Waals surface area contributed by atoms with Crippen molar-refractivity contribution in [1.82, 2.24) is 14.9 Å². The maximum absolute atomic E-state index is 12.2. The van der Waals surface area contributed by atoms with E-state index in [1.807, 2.05) is 11.8 Å². The van der Waals surface area contributed by atoms with Crippen LogP contribution < -0.4 is 4.90 Å². The average Bonchev–Trinajstić information content (AvgIpc) is 2.80. The number of rotatable bonds is 8. The van der Waals surface area contributed by atoms with Gasteiger partial charge < -0.3 is 14.5 Å². The molecule has 2 aromatic rings. The molecule has 0 aliphatic carbocycles. The van der Waals surface area contributed by atoms with Gasteiger partial charge in [-0.2, -0.15) is 0 Å². The molecule has 172 valence electrons. The number of methoxy groups -OCH3 is 1. The zero-order valence-electron chi connectivity index (χ0n) is 19.2. The zero-order chi connectivity index (χ0) is 23.3. The largest absolute Gasteiger partial charge is 0.375 e. The Morgan fingerprint density at radius 1 is 1.19 bits per heavy atom. The van der Waals surface area contributed by atoms with Crippen molar-refractivity contribution in [2.24, 2.45) is 0 Å². The maximum Gasteiger partial charge on any atom is 0.269 e. The van der Waals surface area contributed by atoms with Crippen LogP contribution in [0.1, 0.15) is 48.8 Å². The summed E-state index contributed by atoms with van der Waals surface area (Å²) in [4.78, 5) is 36.5. The molecule has 0 bridgehead atoms. The zero-order valence-corrected chi connectivity index (χ0v) is 19.2. The molecule has 0 N–H and O–H groups in total. The summed E-state index contributed by atoms with van der Waals surface area (Å²) in [5.41, 5.74) is 2.98. The van der Waals surface area contributed by atoms with E-state index in [9.17, 15) is 14.9 Å². The Morgan fingerprint density at radius 2 is 1.84 bits per heavy atom. The Kier molecular flexibility index (Phi) is 7.74. The highest BCUT2D eigenvalue weighted by molar-refractivity contribution is 5.77. The molecule has 1 atom stereocenters. The van der Waals surface area contributed by atoms with Crippen LogP contribution in [0.2, 0.25) is 0 Å². The normalized spacial score (nSPS) is 15.0. The van der Waals surface area contributed by atoms with E-state index in [0.29, 0.717) is 32.6 Å². The summed E-state index contributed by atoms with van der Waals surface area (Å²) in [6.07, 6.45) is 1.53. The smallest absolute Gasteiger partial charge is 0.269 e. The summed E-state index contributed by atoms with van der Waals surface area (Å²) in [6.45, 7) is 8.91. The van der Waals surface area contributed by atoms with Gasteiger partial charge in [0.15, 0.2) is 0 Å². The van der Waals surface area contributed by atoms with Crippen molar-refractivity contribution < 1.29 is 14.5 Å². The van der Waals surface area contributed by atoms with E-state index in [4.69, 9.17) is 14.7 Å². The Morgan fingerprint density at radius 3 is 2.41 bits per heavy atom. The van der Waals surface area contributed by atoms with E-state index in [1.54, 1.807) is 12.1 Å². The van der Waals surface area contributed by atoms with E-state index in [-0.39, 0.29) is 24.1 Å². The highest BCUT2D eigenvalue weighted by atomic mass is 16.6. The number of anilines is 1. The van der Waals surface area contributed by atoms with Gasteiger partial charge in [-0.3, -0.25) is 14.9 Å². The lowest BCUT2D eigenvalue weighted by Gasteiger charge is -2.36. The summed E-state index contributed by atoms with van der Waals surface area (Å²) in [5, 5.41) is 11.0. The number of nitro benzene ring substituents is 1. The molecule has 9 nitrogen and oxygen atoms in total. The standard InChI is InChI=1S/C23H31N5O4/c1-5-16(2)22-24-17(3)20(14-18-6-8-19(9-7-18)28(30)31)23(25-22)27-12-10-26(11-13-27)21(29)15-32-4/h6-9,16H,5,10-15H2,1-4H3/t16-/m1/s1. The molecule has 1 amide bonds. The molecule has 1 fully saturated rings. The first-order chi connectivity index (χ1) is 15.3. The number of benzene rings is 1. The predicted octanol–water partition coefficient (Wildman–Crippen LogP) is 3.09. The molecule has 3 rings (SSSR count). The topological polar surface area (TPSA) is 102 Å². The summed E-state index contributed by atoms with van der Waals surface area (Å²) in [7, 11) is 1.53. The lowest BCUT2D eigenvalue weighted by molar-refractivity contribution is -0.384. The van der Waals surface area contributed by atoms with Crippen LogP contribution >= 0.6 is 0 Å². The number of piperazine rings is 1. The van der Waals surface area contributed by atoms with E-state index < -0.39 is 4.92 Å². The molecular weight excluding hydrogens is 410 g/mol. The Bertz CT molecular complexity index is 956. The number of aryl methyl sites for hydroxylation is 1. The Hall–Kier alpha value is -3.07. The van der Waals surface area contributed by atoms with Crippen molar-refractivity contribution in [3.8, 4) is 0 Å². The van der Waals surface area contributed by atoms with Crippen LogP contribution in [0.4, 0.5) is 11.5 Å². The van der Waals surface area contributed by atoms with E-state index in [0.717, 1.165) is 34.9 Å². The minimum absolute atomic E-state index is 0.00239. The maximum atomic E-state index is 12.2. The molecule has 1 aromatic heterocycles. The summed E-state index contributed by atoms with van der Waals surface area (Å²) < 4.78 is 4.98. The third-order valence-corrected chi connectivity index (χ3v) is 5.99. The van der Waals surface area contributed by atoms with Gasteiger partial charge in [-0.15, -0.1) is 0 Å². The number of hydrogen-bond donors (Lipinski definition) is 0. The fourth-order valence-electron chi connectivity index (χ4n) is 3.80. The second kappa shape index (κ2) is 10.5. The minimum Gasteiger partial charge on any atom is -0.375 e. The van der Waals surface area contributed by atoms with E-state index in [2.05, 4.69) is 18.7 Å². The molecule has 1 aromatic carbocycles. The number of aromatic nitrogens is 2. The van der Waals surface area contributed by atoms with Gasteiger partial charge in [-0.25, -0.2) is 9.97 Å². The second-order valence-corrected chi connectivity index (χ2v) is 8.18. The number of carbonyl (C=O) groups excluding carboxylic acids is 1. The lowest BCUT2D eigenvalue weighted by Crippen LogP contribution is -2.50. The van der Waals surface area contributed by atoms with Gasteiger partial charge in [-0.05, 0) is 18.9 Å². The highest BCUT2D eigenvalue weighted by Crippen LogP contribution is 2.28. The van der Waals surface area contributed by atoms with Crippen LogP contribution in [0.25, 0.3) is 0 Å². The van der Waals surface area contributed by atoms with Crippen molar-refractivity contribution in [2.75, 3.05) is 44.8 Å². The minimum atomic E-state index is -0.394. The van der Waals surface area contributed by atoms with Gasteiger partial charge in [0.2, 0.25) is 5.91 Å². The fourth-order valence-corrected chi connectivity index (χ4v) is 3.80. The van der Waals surface area contributed by atoms with Gasteiger partial charge in [0, 0.05) is 69.0 Å². The van der Waals surface area contributed by atoms with Crippen molar-refractivity contribution >= 4 is 17.4 Å². The Balaban J connectivity index is 1.89. The van der Waals surface area contributed by atoms with Crippen molar-refractivity contribution in [3.05, 3.63) is 57.0 Å². The Labute approximate surface area is 188 Å². The molecule has 2 heterocycles. The molecule has 0 saturated carbocycles. The number of non-ortho nitro benzene ring substituents is 1. The molecule has 0 spiro atoms. The number of carbonyl (C=O) groups is 1. The fraction of sp³-hybridized carbons (Fsp3) is 0.522. The number of nitrogens with zero attached hydrogens (tertiary/aromatic N) is 5. The number of ether oxygens (including phenoxy) is 1. The lowest BCUT2D eigenvalue weighted by atomic mass is 10.0. The van der Waals surface area contributed by atoms with Gasteiger partial charge in [0.25, 0.3) is 5.69 Å². The molecule has 1 aliphatic rings. The summed E-state index contributed by atoms with van der Waals surface area (Å²) >= 11 is 0.